The first-order valence-electron chi connectivity index (χ1n) is 10.7. The molecule has 1 atom stereocenters. The number of methoxy groups -OCH3 is 1. The van der Waals surface area contributed by atoms with E-state index in [2.05, 4.69) is 14.9 Å². The van der Waals surface area contributed by atoms with Crippen molar-refractivity contribution in [2.24, 2.45) is 11.1 Å². The molecule has 0 bridgehead atoms. The van der Waals surface area contributed by atoms with Crippen LogP contribution in [0.5, 0.6) is 5.75 Å². The molecule has 1 aliphatic heterocycles. The Labute approximate surface area is 187 Å². The minimum Gasteiger partial charge on any atom is -0.497 e. The molecule has 2 N–H and O–H groups in total. The standard InChI is InChI=1S/C25H27FN4O2/c1-32-21-8-7-19(23(26)11-21)15-30-10-4-9-25(16-30,24(27)31)12-18-5-2-3-6-22(18)20-13-28-17-29-14-20/h2-3,5-8,11,13-14,17H,4,9-10,12,15-16H2,1H3,(H2,27,31)/t25-/m0/s1. The van der Waals surface area contributed by atoms with Crippen LogP contribution in [-0.2, 0) is 17.8 Å². The Hall–Kier alpha value is -3.32. The maximum Gasteiger partial charge on any atom is 0.225 e. The van der Waals surface area contributed by atoms with Crippen LogP contribution in [-0.4, -0.2) is 41.0 Å². The van der Waals surface area contributed by atoms with E-state index in [-0.39, 0.29) is 11.7 Å². The first-order valence-corrected chi connectivity index (χ1v) is 10.7. The molecule has 2 heterocycles. The molecule has 0 unspecified atom stereocenters. The van der Waals surface area contributed by atoms with Gasteiger partial charge in [-0.15, -0.1) is 0 Å². The molecular formula is C25H27FN4O2. The van der Waals surface area contributed by atoms with Gasteiger partial charge in [-0.25, -0.2) is 14.4 Å². The van der Waals surface area contributed by atoms with Crippen molar-refractivity contribution in [3.8, 4) is 16.9 Å². The molecule has 0 saturated carbocycles. The molecule has 32 heavy (non-hydrogen) atoms. The first kappa shape index (κ1) is 21.9. The van der Waals surface area contributed by atoms with Crippen molar-refractivity contribution < 1.29 is 13.9 Å². The fraction of sp³-hybridized carbons (Fsp3) is 0.320. The molecule has 1 aromatic heterocycles. The minimum absolute atomic E-state index is 0.311. The van der Waals surface area contributed by atoms with Gasteiger partial charge in [-0.3, -0.25) is 9.69 Å². The number of halogens is 1. The molecule has 3 aromatic rings. The van der Waals surface area contributed by atoms with Crippen molar-refractivity contribution in [3.63, 3.8) is 0 Å². The summed E-state index contributed by atoms with van der Waals surface area (Å²) in [7, 11) is 1.51. The number of rotatable bonds is 7. The second kappa shape index (κ2) is 9.44. The molecule has 4 rings (SSSR count). The van der Waals surface area contributed by atoms with E-state index in [1.54, 1.807) is 24.5 Å². The van der Waals surface area contributed by atoms with Crippen LogP contribution in [0, 0.1) is 11.2 Å². The Bertz CT molecular complexity index is 1090. The van der Waals surface area contributed by atoms with Gasteiger partial charge in [-0.2, -0.15) is 0 Å². The molecular weight excluding hydrogens is 407 g/mol. The number of aromatic nitrogens is 2. The summed E-state index contributed by atoms with van der Waals surface area (Å²) >= 11 is 0. The van der Waals surface area contributed by atoms with Crippen LogP contribution in [0.4, 0.5) is 4.39 Å². The molecule has 1 saturated heterocycles. The minimum atomic E-state index is -0.729. The van der Waals surface area contributed by atoms with E-state index in [0.29, 0.717) is 37.2 Å². The lowest BCUT2D eigenvalue weighted by atomic mass is 9.73. The van der Waals surface area contributed by atoms with Crippen molar-refractivity contribution in [1.82, 2.24) is 14.9 Å². The Morgan fingerprint density at radius 3 is 2.69 bits per heavy atom. The lowest BCUT2D eigenvalue weighted by Crippen LogP contribution is -2.51. The van der Waals surface area contributed by atoms with Crippen LogP contribution < -0.4 is 10.5 Å². The van der Waals surface area contributed by atoms with E-state index in [9.17, 15) is 9.18 Å². The van der Waals surface area contributed by atoms with Gasteiger partial charge >= 0.3 is 0 Å². The number of nitrogens with zero attached hydrogens (tertiary/aromatic N) is 3. The van der Waals surface area contributed by atoms with Gasteiger partial charge in [0.1, 0.15) is 17.9 Å². The number of carbonyl (C=O) groups excluding carboxylic acids is 1. The molecule has 1 fully saturated rings. The highest BCUT2D eigenvalue weighted by Crippen LogP contribution is 2.37. The highest BCUT2D eigenvalue weighted by atomic mass is 19.1. The van der Waals surface area contributed by atoms with Gasteiger partial charge in [-0.1, -0.05) is 30.3 Å². The monoisotopic (exact) mass is 434 g/mol. The number of ether oxygens (including phenoxy) is 1. The number of piperidine rings is 1. The van der Waals surface area contributed by atoms with Gasteiger partial charge in [0, 0.05) is 42.7 Å². The molecule has 1 aliphatic rings. The quantitative estimate of drug-likeness (QED) is 0.615. The summed E-state index contributed by atoms with van der Waals surface area (Å²) in [5.41, 5.74) is 8.75. The van der Waals surface area contributed by atoms with E-state index in [1.165, 1.54) is 19.5 Å². The third-order valence-electron chi connectivity index (χ3n) is 6.25. The maximum atomic E-state index is 14.5. The summed E-state index contributed by atoms with van der Waals surface area (Å²) < 4.78 is 19.6. The highest BCUT2D eigenvalue weighted by molar-refractivity contribution is 5.82. The normalized spacial score (nSPS) is 18.9. The van der Waals surface area contributed by atoms with Gasteiger partial charge < -0.3 is 10.5 Å². The van der Waals surface area contributed by atoms with Gasteiger partial charge in [-0.05, 0) is 43.0 Å². The number of primary amides is 1. The van der Waals surface area contributed by atoms with E-state index >= 15 is 0 Å². The summed E-state index contributed by atoms with van der Waals surface area (Å²) in [6.07, 6.45) is 7.05. The van der Waals surface area contributed by atoms with Crippen LogP contribution in [0.3, 0.4) is 0 Å². The summed E-state index contributed by atoms with van der Waals surface area (Å²) in [6.45, 7) is 1.68. The van der Waals surface area contributed by atoms with E-state index < -0.39 is 5.41 Å². The van der Waals surface area contributed by atoms with Crippen molar-refractivity contribution in [1.29, 1.82) is 0 Å². The number of hydrogen-bond acceptors (Lipinski definition) is 5. The van der Waals surface area contributed by atoms with Crippen LogP contribution in [0.25, 0.3) is 11.1 Å². The average Bonchev–Trinajstić information content (AvgIpc) is 2.81. The van der Waals surface area contributed by atoms with Gasteiger partial charge in [0.25, 0.3) is 0 Å². The van der Waals surface area contributed by atoms with Crippen molar-refractivity contribution >= 4 is 5.91 Å². The summed E-state index contributed by atoms with van der Waals surface area (Å²) in [4.78, 5) is 23.1. The topological polar surface area (TPSA) is 81.3 Å². The molecule has 0 aliphatic carbocycles. The van der Waals surface area contributed by atoms with E-state index in [4.69, 9.17) is 10.5 Å². The Kier molecular flexibility index (Phi) is 6.46. The number of hydrogen-bond donors (Lipinski definition) is 1. The van der Waals surface area contributed by atoms with Gasteiger partial charge in [0.2, 0.25) is 5.91 Å². The Balaban J connectivity index is 1.59. The second-order valence-electron chi connectivity index (χ2n) is 8.38. The third kappa shape index (κ3) is 4.62. The molecule has 2 aromatic carbocycles. The molecule has 6 nitrogen and oxygen atoms in total. The number of benzene rings is 2. The summed E-state index contributed by atoms with van der Waals surface area (Å²) in [5, 5.41) is 0. The molecule has 0 radical (unpaired) electrons. The number of nitrogens with two attached hydrogens (primary N) is 1. The third-order valence-corrected chi connectivity index (χ3v) is 6.25. The number of amides is 1. The van der Waals surface area contributed by atoms with Crippen molar-refractivity contribution in [2.75, 3.05) is 20.2 Å². The Morgan fingerprint density at radius 2 is 1.97 bits per heavy atom. The molecule has 166 valence electrons. The van der Waals surface area contributed by atoms with Crippen molar-refractivity contribution in [3.05, 3.63) is 78.1 Å². The summed E-state index contributed by atoms with van der Waals surface area (Å²) in [5.74, 6) is -0.150. The SMILES string of the molecule is COc1ccc(CN2CCC[C@@](Cc3ccccc3-c3cncnc3)(C(N)=O)C2)c(F)c1. The van der Waals surface area contributed by atoms with E-state index in [1.807, 2.05) is 24.3 Å². The van der Waals surface area contributed by atoms with Gasteiger partial charge in [0.15, 0.2) is 0 Å². The largest absolute Gasteiger partial charge is 0.497 e. The lowest BCUT2D eigenvalue weighted by molar-refractivity contribution is -0.131. The van der Waals surface area contributed by atoms with Crippen LogP contribution in [0.15, 0.2) is 61.2 Å². The Morgan fingerprint density at radius 1 is 1.19 bits per heavy atom. The number of likely N-dealkylation sites (tertiary alicyclic amines) is 1. The second-order valence-corrected chi connectivity index (χ2v) is 8.38. The first-order chi connectivity index (χ1) is 15.5. The van der Waals surface area contributed by atoms with E-state index in [0.717, 1.165) is 29.7 Å². The highest BCUT2D eigenvalue weighted by Gasteiger charge is 2.41. The summed E-state index contributed by atoms with van der Waals surface area (Å²) in [6, 6.07) is 12.8. The lowest BCUT2D eigenvalue weighted by Gasteiger charge is -2.41. The average molecular weight is 435 g/mol. The predicted octanol–water partition coefficient (Wildman–Crippen LogP) is 3.60. The zero-order chi connectivity index (χ0) is 22.6. The molecule has 7 heteroatoms. The zero-order valence-corrected chi connectivity index (χ0v) is 18.1. The van der Waals surface area contributed by atoms with Crippen LogP contribution in [0.1, 0.15) is 24.0 Å². The maximum absolute atomic E-state index is 14.5. The smallest absolute Gasteiger partial charge is 0.225 e. The molecule has 0 spiro atoms. The zero-order valence-electron chi connectivity index (χ0n) is 18.1. The number of carbonyl (C=O) groups is 1. The van der Waals surface area contributed by atoms with Crippen LogP contribution in [0.2, 0.25) is 0 Å². The fourth-order valence-electron chi connectivity index (χ4n) is 4.58. The van der Waals surface area contributed by atoms with Crippen molar-refractivity contribution in [2.45, 2.75) is 25.8 Å². The molecule has 1 amide bonds. The fourth-order valence-corrected chi connectivity index (χ4v) is 4.58. The van der Waals surface area contributed by atoms with Crippen LogP contribution >= 0.6 is 0 Å². The predicted molar refractivity (Wildman–Crippen MR) is 120 cm³/mol. The van der Waals surface area contributed by atoms with Gasteiger partial charge in [0.05, 0.1) is 12.5 Å².